The number of aryl methyl sites for hydroxylation is 1. The molecule has 0 bridgehead atoms. The van der Waals surface area contributed by atoms with E-state index in [1.165, 1.54) is 10.5 Å². The van der Waals surface area contributed by atoms with Gasteiger partial charge in [-0.3, -0.25) is 4.68 Å². The van der Waals surface area contributed by atoms with Gasteiger partial charge >= 0.3 is 0 Å². The van der Waals surface area contributed by atoms with Gasteiger partial charge in [-0.15, -0.1) is 0 Å². The summed E-state index contributed by atoms with van der Waals surface area (Å²) in [6.45, 7) is 6.59. The second-order valence-corrected chi connectivity index (χ2v) is 6.21. The van der Waals surface area contributed by atoms with Crippen molar-refractivity contribution in [3.8, 4) is 0 Å². The average molecular weight is 304 g/mol. The lowest BCUT2D eigenvalue weighted by atomic mass is 10.4. The Kier molecular flexibility index (Phi) is 7.14. The maximum absolute atomic E-state index is 12.4. The fourth-order valence-corrected chi connectivity index (χ4v) is 3.15. The zero-order chi connectivity index (χ0) is 15.0. The Labute approximate surface area is 120 Å². The molecule has 0 aliphatic rings. The number of hydrogen-bond acceptors (Lipinski definition) is 5. The Morgan fingerprint density at radius 2 is 2.20 bits per heavy atom. The molecule has 0 unspecified atom stereocenters. The van der Waals surface area contributed by atoms with Crippen molar-refractivity contribution < 1.29 is 13.2 Å². The molecule has 0 aromatic carbocycles. The minimum absolute atomic E-state index is 0.216. The monoisotopic (exact) mass is 304 g/mol. The predicted molar refractivity (Wildman–Crippen MR) is 76.8 cm³/mol. The summed E-state index contributed by atoms with van der Waals surface area (Å²) in [6, 6.07) is 0. The second-order valence-electron chi connectivity index (χ2n) is 4.27. The molecule has 1 heterocycles. The van der Waals surface area contributed by atoms with Gasteiger partial charge in [0.2, 0.25) is 10.0 Å². The third kappa shape index (κ3) is 4.55. The highest BCUT2D eigenvalue weighted by molar-refractivity contribution is 7.89. The highest BCUT2D eigenvalue weighted by atomic mass is 32.2. The number of ether oxygens (including phenoxy) is 1. The molecule has 0 amide bonds. The highest BCUT2D eigenvalue weighted by Crippen LogP contribution is 2.14. The van der Waals surface area contributed by atoms with Crippen LogP contribution in [0.25, 0.3) is 0 Å². The summed E-state index contributed by atoms with van der Waals surface area (Å²) >= 11 is 0. The zero-order valence-corrected chi connectivity index (χ0v) is 13.0. The van der Waals surface area contributed by atoms with Gasteiger partial charge in [-0.2, -0.15) is 9.40 Å². The second kappa shape index (κ2) is 8.35. The average Bonchev–Trinajstić information content (AvgIpc) is 2.90. The molecule has 0 atom stereocenters. The molecule has 1 aromatic rings. The van der Waals surface area contributed by atoms with E-state index in [1.807, 2.05) is 13.8 Å². The molecule has 8 heteroatoms. The Bertz CT molecular complexity index is 487. The van der Waals surface area contributed by atoms with Crippen molar-refractivity contribution in [1.82, 2.24) is 14.1 Å². The fourth-order valence-electron chi connectivity index (χ4n) is 1.76. The van der Waals surface area contributed by atoms with Gasteiger partial charge in [0.1, 0.15) is 4.90 Å². The minimum Gasteiger partial charge on any atom is -0.380 e. The molecule has 1 rings (SSSR count). The number of nitrogens with zero attached hydrogens (tertiary/aromatic N) is 3. The predicted octanol–water partition coefficient (Wildman–Crippen LogP) is 0.279. The van der Waals surface area contributed by atoms with Crippen molar-refractivity contribution in [2.45, 2.75) is 31.7 Å². The third-order valence-corrected chi connectivity index (χ3v) is 4.81. The van der Waals surface area contributed by atoms with Crippen LogP contribution in [0.15, 0.2) is 17.3 Å². The van der Waals surface area contributed by atoms with E-state index in [1.54, 1.807) is 10.9 Å². The summed E-state index contributed by atoms with van der Waals surface area (Å²) in [7, 11) is -3.50. The van der Waals surface area contributed by atoms with Gasteiger partial charge in [0.25, 0.3) is 0 Å². The van der Waals surface area contributed by atoms with Crippen LogP contribution in [-0.2, 0) is 21.3 Å². The molecule has 0 saturated carbocycles. The molecule has 0 spiro atoms. The Morgan fingerprint density at radius 3 is 2.80 bits per heavy atom. The largest absolute Gasteiger partial charge is 0.380 e. The van der Waals surface area contributed by atoms with Gasteiger partial charge < -0.3 is 10.5 Å². The zero-order valence-electron chi connectivity index (χ0n) is 12.2. The Hall–Kier alpha value is -0.960. The molecule has 7 nitrogen and oxygen atoms in total. The number of aromatic nitrogens is 2. The van der Waals surface area contributed by atoms with Gasteiger partial charge in [0.15, 0.2) is 0 Å². The molecule has 0 radical (unpaired) electrons. The van der Waals surface area contributed by atoms with Gasteiger partial charge in [-0.1, -0.05) is 6.92 Å². The van der Waals surface area contributed by atoms with Crippen LogP contribution in [0.2, 0.25) is 0 Å². The van der Waals surface area contributed by atoms with Crippen LogP contribution in [0.4, 0.5) is 0 Å². The van der Waals surface area contributed by atoms with E-state index in [-0.39, 0.29) is 4.90 Å². The summed E-state index contributed by atoms with van der Waals surface area (Å²) in [4.78, 5) is 0.216. The summed E-state index contributed by atoms with van der Waals surface area (Å²) in [5.74, 6) is 0. The maximum Gasteiger partial charge on any atom is 0.246 e. The lowest BCUT2D eigenvalue weighted by Crippen LogP contribution is -2.33. The highest BCUT2D eigenvalue weighted by Gasteiger charge is 2.24. The van der Waals surface area contributed by atoms with Crippen LogP contribution < -0.4 is 5.73 Å². The number of likely N-dealkylation sites (N-methyl/N-ethyl adjacent to an activating group) is 1. The first-order valence-corrected chi connectivity index (χ1v) is 8.30. The SMILES string of the molecule is CCOCCN(CC)S(=O)(=O)c1cnn(CCCN)c1. The van der Waals surface area contributed by atoms with Crippen LogP contribution >= 0.6 is 0 Å². The van der Waals surface area contributed by atoms with E-state index in [2.05, 4.69) is 5.10 Å². The van der Waals surface area contributed by atoms with Crippen molar-refractivity contribution in [2.24, 2.45) is 5.73 Å². The smallest absolute Gasteiger partial charge is 0.246 e. The van der Waals surface area contributed by atoms with E-state index < -0.39 is 10.0 Å². The normalized spacial score (nSPS) is 12.2. The first-order chi connectivity index (χ1) is 9.56. The molecule has 116 valence electrons. The molecule has 0 saturated heterocycles. The fraction of sp³-hybridized carbons (Fsp3) is 0.750. The number of sulfonamides is 1. The lowest BCUT2D eigenvalue weighted by molar-refractivity contribution is 0.135. The Balaban J connectivity index is 2.76. The lowest BCUT2D eigenvalue weighted by Gasteiger charge is -2.19. The van der Waals surface area contributed by atoms with Crippen LogP contribution in [-0.4, -0.2) is 55.4 Å². The first-order valence-electron chi connectivity index (χ1n) is 6.86. The van der Waals surface area contributed by atoms with E-state index in [0.717, 1.165) is 6.42 Å². The van der Waals surface area contributed by atoms with Crippen LogP contribution in [0.3, 0.4) is 0 Å². The molecule has 1 aromatic heterocycles. The minimum atomic E-state index is -3.50. The van der Waals surface area contributed by atoms with Crippen molar-refractivity contribution in [3.63, 3.8) is 0 Å². The number of nitrogens with two attached hydrogens (primary N) is 1. The topological polar surface area (TPSA) is 90.5 Å². The number of hydrogen-bond donors (Lipinski definition) is 1. The van der Waals surface area contributed by atoms with Crippen molar-refractivity contribution >= 4 is 10.0 Å². The molecular weight excluding hydrogens is 280 g/mol. The summed E-state index contributed by atoms with van der Waals surface area (Å²) in [6.07, 6.45) is 3.70. The molecule has 20 heavy (non-hydrogen) atoms. The maximum atomic E-state index is 12.4. The third-order valence-electron chi connectivity index (χ3n) is 2.88. The summed E-state index contributed by atoms with van der Waals surface area (Å²) < 4.78 is 33.1. The van der Waals surface area contributed by atoms with Crippen LogP contribution in [0.1, 0.15) is 20.3 Å². The van der Waals surface area contributed by atoms with Gasteiger partial charge in [-0.05, 0) is 19.9 Å². The quantitative estimate of drug-likeness (QED) is 0.627. The standard InChI is InChI=1S/C12H24N4O3S/c1-3-16(8-9-19-4-2)20(17,18)12-10-14-15(11-12)7-5-6-13/h10-11H,3-9,13H2,1-2H3. The van der Waals surface area contributed by atoms with E-state index in [4.69, 9.17) is 10.5 Å². The summed E-state index contributed by atoms with van der Waals surface area (Å²) in [5.41, 5.74) is 5.43. The molecule has 2 N–H and O–H groups in total. The Morgan fingerprint density at radius 1 is 1.45 bits per heavy atom. The molecule has 0 aliphatic heterocycles. The molecular formula is C12H24N4O3S. The van der Waals surface area contributed by atoms with Crippen LogP contribution in [0, 0.1) is 0 Å². The van der Waals surface area contributed by atoms with Crippen molar-refractivity contribution in [3.05, 3.63) is 12.4 Å². The van der Waals surface area contributed by atoms with Crippen LogP contribution in [0.5, 0.6) is 0 Å². The van der Waals surface area contributed by atoms with Gasteiger partial charge in [0, 0.05) is 32.4 Å². The van der Waals surface area contributed by atoms with E-state index in [9.17, 15) is 8.42 Å². The van der Waals surface area contributed by atoms with E-state index >= 15 is 0 Å². The molecule has 0 aliphatic carbocycles. The van der Waals surface area contributed by atoms with Crippen molar-refractivity contribution in [2.75, 3.05) is 32.8 Å². The van der Waals surface area contributed by atoms with Crippen molar-refractivity contribution in [1.29, 1.82) is 0 Å². The van der Waals surface area contributed by atoms with E-state index in [0.29, 0.717) is 39.4 Å². The van der Waals surface area contributed by atoms with Gasteiger partial charge in [0.05, 0.1) is 12.8 Å². The van der Waals surface area contributed by atoms with Gasteiger partial charge in [-0.25, -0.2) is 8.42 Å². The number of rotatable bonds is 10. The molecule has 0 fully saturated rings. The first kappa shape index (κ1) is 17.1. The summed E-state index contributed by atoms with van der Waals surface area (Å²) in [5, 5.41) is 4.06.